The molecule has 0 aliphatic heterocycles. The summed E-state index contributed by atoms with van der Waals surface area (Å²) in [6.45, 7) is 0. The zero-order valence-electron chi connectivity index (χ0n) is 17.1. The van der Waals surface area contributed by atoms with E-state index < -0.39 is 32.8 Å². The van der Waals surface area contributed by atoms with E-state index in [0.717, 1.165) is 18.6 Å². The van der Waals surface area contributed by atoms with Gasteiger partial charge >= 0.3 is 5.97 Å². The average molecular weight is 446 g/mol. The number of hydrogen-bond acceptors (Lipinski definition) is 6. The Bertz CT molecular complexity index is 1250. The summed E-state index contributed by atoms with van der Waals surface area (Å²) in [5.41, 5.74) is 0.794. The number of aromatic carboxylic acids is 1. The molecule has 4 rings (SSSR count). The molecule has 0 heterocycles. The first-order valence-corrected chi connectivity index (χ1v) is 9.66. The number of carboxylic acids is 1. The summed E-state index contributed by atoms with van der Waals surface area (Å²) in [6, 6.07) is 24.4. The van der Waals surface area contributed by atoms with E-state index in [-0.39, 0.29) is 0 Å². The maximum Gasteiger partial charge on any atom is 0.336 e. The van der Waals surface area contributed by atoms with Gasteiger partial charge in [-0.05, 0) is 40.5 Å². The molecule has 4 aromatic rings. The van der Waals surface area contributed by atoms with Crippen molar-refractivity contribution in [1.29, 1.82) is 0 Å². The SMILES string of the molecule is O=C(O)c1cc([N+](=O)[O-])cc([N+](=O)[O-])c1.Oc1ccc(Cc2cccc3ccccc23)cc1. The number of nitro benzene ring substituents is 2. The van der Waals surface area contributed by atoms with E-state index in [4.69, 9.17) is 5.11 Å². The molecule has 0 saturated carbocycles. The van der Waals surface area contributed by atoms with Crippen molar-refractivity contribution in [2.45, 2.75) is 6.42 Å². The molecule has 0 saturated heterocycles. The maximum atomic E-state index is 10.5. The van der Waals surface area contributed by atoms with Crippen LogP contribution in [0.25, 0.3) is 10.8 Å². The van der Waals surface area contributed by atoms with Gasteiger partial charge in [-0.2, -0.15) is 0 Å². The van der Waals surface area contributed by atoms with Gasteiger partial charge in [-0.1, -0.05) is 54.6 Å². The predicted molar refractivity (Wildman–Crippen MR) is 122 cm³/mol. The Labute approximate surface area is 187 Å². The second-order valence-corrected chi connectivity index (χ2v) is 7.04. The number of benzene rings is 4. The second-order valence-electron chi connectivity index (χ2n) is 7.04. The van der Waals surface area contributed by atoms with Crippen molar-refractivity contribution in [3.8, 4) is 5.75 Å². The van der Waals surface area contributed by atoms with Crippen molar-refractivity contribution in [3.05, 3.63) is 122 Å². The molecule has 4 aromatic carbocycles. The number of carbonyl (C=O) groups is 1. The number of phenols is 1. The van der Waals surface area contributed by atoms with E-state index in [1.807, 2.05) is 12.1 Å². The Morgan fingerprint density at radius 3 is 1.94 bits per heavy atom. The van der Waals surface area contributed by atoms with Crippen molar-refractivity contribution < 1.29 is 24.9 Å². The van der Waals surface area contributed by atoms with Crippen molar-refractivity contribution >= 4 is 28.1 Å². The molecule has 0 spiro atoms. The fraction of sp³-hybridized carbons (Fsp3) is 0.0417. The molecular weight excluding hydrogens is 428 g/mol. The summed E-state index contributed by atoms with van der Waals surface area (Å²) in [5, 5.41) is 41.1. The number of non-ortho nitro benzene ring substituents is 2. The monoisotopic (exact) mass is 446 g/mol. The third-order valence-electron chi connectivity index (χ3n) is 4.78. The molecule has 0 aromatic heterocycles. The first-order chi connectivity index (χ1) is 15.7. The zero-order chi connectivity index (χ0) is 24.0. The van der Waals surface area contributed by atoms with E-state index in [1.54, 1.807) is 12.1 Å². The lowest BCUT2D eigenvalue weighted by Gasteiger charge is -2.06. The molecule has 0 aliphatic rings. The van der Waals surface area contributed by atoms with Crippen molar-refractivity contribution in [2.24, 2.45) is 0 Å². The topological polar surface area (TPSA) is 144 Å². The predicted octanol–water partition coefficient (Wildman–Crippen LogP) is 5.34. The highest BCUT2D eigenvalue weighted by molar-refractivity contribution is 5.89. The fourth-order valence-corrected chi connectivity index (χ4v) is 3.21. The van der Waals surface area contributed by atoms with Crippen LogP contribution in [0.4, 0.5) is 11.4 Å². The molecule has 0 aliphatic carbocycles. The quantitative estimate of drug-likeness (QED) is 0.311. The summed E-state index contributed by atoms with van der Waals surface area (Å²) >= 11 is 0. The maximum absolute atomic E-state index is 10.5. The van der Waals surface area contributed by atoms with Crippen LogP contribution in [-0.2, 0) is 6.42 Å². The summed E-state index contributed by atoms with van der Waals surface area (Å²) in [4.78, 5) is 29.4. The van der Waals surface area contributed by atoms with Crippen molar-refractivity contribution in [3.63, 3.8) is 0 Å². The number of nitro groups is 2. The zero-order valence-corrected chi connectivity index (χ0v) is 17.1. The molecule has 2 N–H and O–H groups in total. The van der Waals surface area contributed by atoms with Gasteiger partial charge in [-0.15, -0.1) is 0 Å². The minimum atomic E-state index is -1.46. The van der Waals surface area contributed by atoms with Crippen LogP contribution in [0.5, 0.6) is 5.75 Å². The van der Waals surface area contributed by atoms with E-state index in [9.17, 15) is 30.1 Å². The Morgan fingerprint density at radius 2 is 1.36 bits per heavy atom. The average Bonchev–Trinajstić information content (AvgIpc) is 2.81. The number of carboxylic acid groups (broad SMARTS) is 1. The highest BCUT2D eigenvalue weighted by Crippen LogP contribution is 2.23. The third-order valence-corrected chi connectivity index (χ3v) is 4.78. The van der Waals surface area contributed by atoms with Gasteiger partial charge in [0.15, 0.2) is 0 Å². The van der Waals surface area contributed by atoms with Gasteiger partial charge in [0.05, 0.1) is 21.5 Å². The minimum Gasteiger partial charge on any atom is -0.508 e. The van der Waals surface area contributed by atoms with Gasteiger partial charge in [0, 0.05) is 12.1 Å². The molecule has 0 atom stereocenters. The van der Waals surface area contributed by atoms with E-state index in [0.29, 0.717) is 11.8 Å². The van der Waals surface area contributed by atoms with Crippen LogP contribution in [0, 0.1) is 20.2 Å². The third kappa shape index (κ3) is 5.88. The summed E-state index contributed by atoms with van der Waals surface area (Å²) < 4.78 is 0. The van der Waals surface area contributed by atoms with Crippen LogP contribution < -0.4 is 0 Å². The Balaban J connectivity index is 0.000000190. The van der Waals surface area contributed by atoms with Crippen molar-refractivity contribution in [1.82, 2.24) is 0 Å². The summed E-state index contributed by atoms with van der Waals surface area (Å²) in [7, 11) is 0. The molecular formula is C24H18N2O7. The largest absolute Gasteiger partial charge is 0.508 e. The van der Waals surface area contributed by atoms with Gasteiger partial charge in [-0.3, -0.25) is 20.2 Å². The Hall–Kier alpha value is -4.79. The Kier molecular flexibility index (Phi) is 6.94. The van der Waals surface area contributed by atoms with Gasteiger partial charge in [0.25, 0.3) is 11.4 Å². The normalized spacial score (nSPS) is 10.2. The first-order valence-electron chi connectivity index (χ1n) is 9.66. The lowest BCUT2D eigenvalue weighted by Crippen LogP contribution is -2.00. The van der Waals surface area contributed by atoms with Crippen LogP contribution in [0.1, 0.15) is 21.5 Å². The number of hydrogen-bond donors (Lipinski definition) is 2. The molecule has 0 unspecified atom stereocenters. The van der Waals surface area contributed by atoms with E-state index in [2.05, 4.69) is 42.5 Å². The number of aromatic hydroxyl groups is 1. The van der Waals surface area contributed by atoms with Crippen LogP contribution in [0.3, 0.4) is 0 Å². The van der Waals surface area contributed by atoms with E-state index in [1.165, 1.54) is 21.9 Å². The molecule has 9 nitrogen and oxygen atoms in total. The van der Waals surface area contributed by atoms with Gasteiger partial charge in [0.1, 0.15) is 5.75 Å². The van der Waals surface area contributed by atoms with E-state index >= 15 is 0 Å². The highest BCUT2D eigenvalue weighted by atomic mass is 16.6. The second kappa shape index (κ2) is 10.0. The van der Waals surface area contributed by atoms with Crippen LogP contribution in [0.2, 0.25) is 0 Å². The minimum absolute atomic E-state index is 0.316. The Morgan fingerprint density at radius 1 is 0.788 bits per heavy atom. The highest BCUT2D eigenvalue weighted by Gasteiger charge is 2.19. The number of phenolic OH excluding ortho intramolecular Hbond substituents is 1. The lowest BCUT2D eigenvalue weighted by atomic mass is 9.98. The number of rotatable bonds is 5. The van der Waals surface area contributed by atoms with Crippen LogP contribution in [0.15, 0.2) is 84.9 Å². The van der Waals surface area contributed by atoms with Gasteiger partial charge in [0.2, 0.25) is 0 Å². The summed E-state index contributed by atoms with van der Waals surface area (Å²) in [5.74, 6) is -1.14. The molecule has 0 amide bonds. The molecule has 33 heavy (non-hydrogen) atoms. The first kappa shape index (κ1) is 22.9. The van der Waals surface area contributed by atoms with Gasteiger partial charge < -0.3 is 10.2 Å². The summed E-state index contributed by atoms with van der Waals surface area (Å²) in [6.07, 6.45) is 0.891. The molecule has 0 fully saturated rings. The number of fused-ring (bicyclic) bond motifs is 1. The molecule has 9 heteroatoms. The van der Waals surface area contributed by atoms with Crippen LogP contribution >= 0.6 is 0 Å². The fourth-order valence-electron chi connectivity index (χ4n) is 3.21. The lowest BCUT2D eigenvalue weighted by molar-refractivity contribution is -0.394. The smallest absolute Gasteiger partial charge is 0.336 e. The molecule has 0 bridgehead atoms. The molecule has 166 valence electrons. The van der Waals surface area contributed by atoms with Crippen LogP contribution in [-0.4, -0.2) is 26.0 Å². The molecule has 0 radical (unpaired) electrons. The van der Waals surface area contributed by atoms with Gasteiger partial charge in [-0.25, -0.2) is 4.79 Å². The number of nitrogens with zero attached hydrogens (tertiary/aromatic N) is 2. The standard InChI is InChI=1S/C17H14O.C7H4N2O6/c18-16-10-8-13(9-11-16)12-15-6-3-5-14-4-1-2-7-17(14)15;10-7(11)4-1-5(8(12)13)3-6(2-4)9(14)15/h1-11,18H,12H2;1-3H,(H,10,11). The van der Waals surface area contributed by atoms with Crippen molar-refractivity contribution in [2.75, 3.05) is 0 Å².